The predicted molar refractivity (Wildman–Crippen MR) is 66.6 cm³/mol. The summed E-state index contributed by atoms with van der Waals surface area (Å²) in [6.45, 7) is 2.25. The lowest BCUT2D eigenvalue weighted by Gasteiger charge is -2.10. The highest BCUT2D eigenvalue weighted by Gasteiger charge is 2.25. The minimum absolute atomic E-state index is 0.537. The molecule has 1 fully saturated rings. The molecule has 4 nitrogen and oxygen atoms in total. The number of likely N-dealkylation sites (N-methyl/N-ethyl adjacent to an activating group) is 1. The molecule has 1 atom stereocenters. The summed E-state index contributed by atoms with van der Waals surface area (Å²) in [5, 5.41) is 0. The predicted octanol–water partition coefficient (Wildman–Crippen LogP) is 1.76. The van der Waals surface area contributed by atoms with Crippen molar-refractivity contribution in [1.82, 2.24) is 14.3 Å². The van der Waals surface area contributed by atoms with Gasteiger partial charge in [-0.15, -0.1) is 0 Å². The second kappa shape index (κ2) is 4.04. The van der Waals surface area contributed by atoms with Gasteiger partial charge in [0.05, 0.1) is 13.3 Å². The van der Waals surface area contributed by atoms with Gasteiger partial charge in [0.15, 0.2) is 0 Å². The van der Waals surface area contributed by atoms with Crippen molar-refractivity contribution in [2.75, 3.05) is 27.2 Å². The monoisotopic (exact) mass is 231 g/mol. The molecule has 2 aromatic rings. The first kappa shape index (κ1) is 10.6. The third-order valence-corrected chi connectivity index (χ3v) is 3.54. The van der Waals surface area contributed by atoms with Crippen LogP contribution in [-0.2, 0) is 0 Å². The Morgan fingerprint density at radius 1 is 1.47 bits per heavy atom. The van der Waals surface area contributed by atoms with Crippen LogP contribution in [0.2, 0.25) is 0 Å². The summed E-state index contributed by atoms with van der Waals surface area (Å²) in [5.41, 5.74) is 1.06. The smallest absolute Gasteiger partial charge is 0.144 e. The number of hydrogen-bond acceptors (Lipinski definition) is 3. The number of ether oxygens (including phenoxy) is 1. The fourth-order valence-corrected chi connectivity index (χ4v) is 2.64. The summed E-state index contributed by atoms with van der Waals surface area (Å²) < 4.78 is 7.51. The van der Waals surface area contributed by atoms with Crippen molar-refractivity contribution in [3.8, 4) is 5.75 Å². The van der Waals surface area contributed by atoms with Gasteiger partial charge < -0.3 is 14.0 Å². The van der Waals surface area contributed by atoms with E-state index in [4.69, 9.17) is 4.74 Å². The van der Waals surface area contributed by atoms with Gasteiger partial charge in [0.25, 0.3) is 0 Å². The molecule has 0 spiro atoms. The first-order valence-corrected chi connectivity index (χ1v) is 5.98. The maximum Gasteiger partial charge on any atom is 0.144 e. The SMILES string of the molecule is COc1cccn2c(C3CCN(C)C3)ncc12. The summed E-state index contributed by atoms with van der Waals surface area (Å²) in [6, 6.07) is 3.98. The summed E-state index contributed by atoms with van der Waals surface area (Å²) in [5.74, 6) is 2.58. The molecular formula is C13H17N3O. The molecule has 0 bridgehead atoms. The topological polar surface area (TPSA) is 29.8 Å². The Bertz CT molecular complexity index is 534. The van der Waals surface area contributed by atoms with E-state index in [0.29, 0.717) is 5.92 Å². The van der Waals surface area contributed by atoms with Crippen molar-refractivity contribution < 1.29 is 4.74 Å². The van der Waals surface area contributed by atoms with Crippen molar-refractivity contribution in [3.05, 3.63) is 30.4 Å². The zero-order valence-corrected chi connectivity index (χ0v) is 10.3. The maximum absolute atomic E-state index is 5.35. The highest BCUT2D eigenvalue weighted by atomic mass is 16.5. The van der Waals surface area contributed by atoms with Crippen molar-refractivity contribution in [1.29, 1.82) is 0 Å². The van der Waals surface area contributed by atoms with Crippen molar-refractivity contribution in [2.45, 2.75) is 12.3 Å². The molecule has 0 N–H and O–H groups in total. The van der Waals surface area contributed by atoms with Gasteiger partial charge >= 0.3 is 0 Å². The summed E-state index contributed by atoms with van der Waals surface area (Å²) in [7, 11) is 3.86. The normalized spacial score (nSPS) is 21.2. The van der Waals surface area contributed by atoms with E-state index in [1.165, 1.54) is 6.42 Å². The second-order valence-electron chi connectivity index (χ2n) is 4.70. The van der Waals surface area contributed by atoms with Crippen LogP contribution >= 0.6 is 0 Å². The fraction of sp³-hybridized carbons (Fsp3) is 0.462. The van der Waals surface area contributed by atoms with E-state index >= 15 is 0 Å². The first-order chi connectivity index (χ1) is 8.29. The Balaban J connectivity index is 2.06. The molecule has 90 valence electrons. The van der Waals surface area contributed by atoms with E-state index in [2.05, 4.69) is 27.5 Å². The van der Waals surface area contributed by atoms with E-state index in [0.717, 1.165) is 30.2 Å². The van der Waals surface area contributed by atoms with E-state index in [9.17, 15) is 0 Å². The van der Waals surface area contributed by atoms with E-state index in [-0.39, 0.29) is 0 Å². The maximum atomic E-state index is 5.35. The van der Waals surface area contributed by atoms with Crippen LogP contribution in [0.4, 0.5) is 0 Å². The first-order valence-electron chi connectivity index (χ1n) is 5.98. The van der Waals surface area contributed by atoms with Gasteiger partial charge in [0.2, 0.25) is 0 Å². The third-order valence-electron chi connectivity index (χ3n) is 3.54. The number of methoxy groups -OCH3 is 1. The highest BCUT2D eigenvalue weighted by Crippen LogP contribution is 2.28. The molecule has 3 heterocycles. The van der Waals surface area contributed by atoms with Gasteiger partial charge in [0.1, 0.15) is 17.1 Å². The average Bonchev–Trinajstić information content (AvgIpc) is 2.94. The summed E-state index contributed by atoms with van der Waals surface area (Å²) >= 11 is 0. The van der Waals surface area contributed by atoms with Crippen molar-refractivity contribution in [2.24, 2.45) is 0 Å². The molecule has 0 aromatic carbocycles. The Hall–Kier alpha value is -1.55. The molecule has 2 aromatic heterocycles. The number of pyridine rings is 1. The molecule has 1 saturated heterocycles. The Morgan fingerprint density at radius 3 is 3.06 bits per heavy atom. The molecular weight excluding hydrogens is 214 g/mol. The molecule has 1 aliphatic rings. The van der Waals surface area contributed by atoms with Crippen LogP contribution in [0.25, 0.3) is 5.52 Å². The molecule has 0 saturated carbocycles. The Kier molecular flexibility index (Phi) is 2.52. The lowest BCUT2D eigenvalue weighted by Crippen LogP contribution is -2.14. The number of imidazole rings is 1. The number of fused-ring (bicyclic) bond motifs is 1. The van der Waals surface area contributed by atoms with Gasteiger partial charge in [-0.3, -0.25) is 0 Å². The lowest BCUT2D eigenvalue weighted by atomic mass is 10.1. The van der Waals surface area contributed by atoms with Gasteiger partial charge in [-0.05, 0) is 32.1 Å². The molecule has 3 rings (SSSR count). The lowest BCUT2D eigenvalue weighted by molar-refractivity contribution is 0.409. The fourth-order valence-electron chi connectivity index (χ4n) is 2.64. The zero-order valence-electron chi connectivity index (χ0n) is 10.3. The number of aromatic nitrogens is 2. The van der Waals surface area contributed by atoms with E-state index in [1.54, 1.807) is 7.11 Å². The van der Waals surface area contributed by atoms with Gasteiger partial charge in [0, 0.05) is 18.7 Å². The molecule has 0 aliphatic carbocycles. The standard InChI is InChI=1S/C13H17N3O/c1-15-7-5-10(9-15)13-14-8-11-12(17-2)4-3-6-16(11)13/h3-4,6,8,10H,5,7,9H2,1-2H3. The summed E-state index contributed by atoms with van der Waals surface area (Å²) in [6.07, 6.45) is 5.16. The van der Waals surface area contributed by atoms with Gasteiger partial charge in [-0.25, -0.2) is 4.98 Å². The molecule has 17 heavy (non-hydrogen) atoms. The van der Waals surface area contributed by atoms with Crippen LogP contribution in [0.3, 0.4) is 0 Å². The van der Waals surface area contributed by atoms with Crippen molar-refractivity contribution >= 4 is 5.52 Å². The largest absolute Gasteiger partial charge is 0.494 e. The number of likely N-dealkylation sites (tertiary alicyclic amines) is 1. The van der Waals surface area contributed by atoms with Crippen LogP contribution in [0.1, 0.15) is 18.2 Å². The zero-order chi connectivity index (χ0) is 11.8. The van der Waals surface area contributed by atoms with Crippen LogP contribution in [-0.4, -0.2) is 41.5 Å². The van der Waals surface area contributed by atoms with E-state index in [1.807, 2.05) is 18.3 Å². The van der Waals surface area contributed by atoms with Crippen molar-refractivity contribution in [3.63, 3.8) is 0 Å². The van der Waals surface area contributed by atoms with Crippen LogP contribution in [0.5, 0.6) is 5.75 Å². The average molecular weight is 231 g/mol. The quantitative estimate of drug-likeness (QED) is 0.789. The van der Waals surface area contributed by atoms with Gasteiger partial charge in [-0.1, -0.05) is 0 Å². The highest BCUT2D eigenvalue weighted by molar-refractivity contribution is 5.59. The minimum Gasteiger partial charge on any atom is -0.494 e. The molecule has 4 heteroatoms. The Morgan fingerprint density at radius 2 is 2.35 bits per heavy atom. The van der Waals surface area contributed by atoms with Gasteiger partial charge in [-0.2, -0.15) is 0 Å². The molecule has 1 aliphatic heterocycles. The third kappa shape index (κ3) is 1.69. The number of hydrogen-bond donors (Lipinski definition) is 0. The summed E-state index contributed by atoms with van der Waals surface area (Å²) in [4.78, 5) is 6.93. The van der Waals surface area contributed by atoms with E-state index < -0.39 is 0 Å². The number of nitrogens with zero attached hydrogens (tertiary/aromatic N) is 3. The Labute approximate surface area is 101 Å². The molecule has 0 radical (unpaired) electrons. The minimum atomic E-state index is 0.537. The molecule has 0 amide bonds. The van der Waals surface area contributed by atoms with Crippen LogP contribution < -0.4 is 4.74 Å². The number of rotatable bonds is 2. The second-order valence-corrected chi connectivity index (χ2v) is 4.70. The van der Waals surface area contributed by atoms with Crippen LogP contribution in [0.15, 0.2) is 24.5 Å². The molecule has 1 unspecified atom stereocenters. The van der Waals surface area contributed by atoms with Crippen LogP contribution in [0, 0.1) is 0 Å².